The minimum absolute atomic E-state index is 0.0897. The van der Waals surface area contributed by atoms with E-state index in [9.17, 15) is 10.1 Å². The average Bonchev–Trinajstić information content (AvgIpc) is 3.24. The number of benzene rings is 2. The van der Waals surface area contributed by atoms with Crippen LogP contribution < -0.4 is 14.8 Å². The topological polar surface area (TPSA) is 71.3 Å². The maximum atomic E-state index is 12.4. The van der Waals surface area contributed by atoms with Crippen LogP contribution in [-0.2, 0) is 11.4 Å². The van der Waals surface area contributed by atoms with Crippen molar-refractivity contribution in [2.75, 3.05) is 7.11 Å². The van der Waals surface area contributed by atoms with Gasteiger partial charge < -0.3 is 14.8 Å². The van der Waals surface area contributed by atoms with Crippen LogP contribution in [0.15, 0.2) is 54.1 Å². The molecule has 5 nitrogen and oxygen atoms in total. The summed E-state index contributed by atoms with van der Waals surface area (Å²) in [6.45, 7) is 0.430. The van der Waals surface area contributed by atoms with E-state index in [2.05, 4.69) is 5.32 Å². The van der Waals surface area contributed by atoms with Crippen LogP contribution >= 0.6 is 0 Å². The number of amides is 1. The van der Waals surface area contributed by atoms with Crippen molar-refractivity contribution in [3.63, 3.8) is 0 Å². The Labute approximate surface area is 165 Å². The van der Waals surface area contributed by atoms with Gasteiger partial charge in [0.2, 0.25) is 0 Å². The van der Waals surface area contributed by atoms with Crippen molar-refractivity contribution < 1.29 is 14.3 Å². The molecule has 1 amide bonds. The number of carbonyl (C=O) groups excluding carboxylic acids is 1. The molecule has 1 fully saturated rings. The molecule has 3 rings (SSSR count). The fraction of sp³-hybridized carbons (Fsp3) is 0.304. The van der Waals surface area contributed by atoms with E-state index in [-0.39, 0.29) is 17.5 Å². The quantitative estimate of drug-likeness (QED) is 0.579. The van der Waals surface area contributed by atoms with Crippen molar-refractivity contribution in [1.82, 2.24) is 5.32 Å². The van der Waals surface area contributed by atoms with E-state index in [4.69, 9.17) is 9.47 Å². The monoisotopic (exact) mass is 376 g/mol. The molecule has 1 aliphatic carbocycles. The van der Waals surface area contributed by atoms with Gasteiger partial charge in [-0.2, -0.15) is 5.26 Å². The lowest BCUT2D eigenvalue weighted by molar-refractivity contribution is -0.117. The second kappa shape index (κ2) is 9.61. The molecule has 2 aromatic carbocycles. The van der Waals surface area contributed by atoms with Gasteiger partial charge >= 0.3 is 0 Å². The third-order valence-corrected chi connectivity index (χ3v) is 4.79. The summed E-state index contributed by atoms with van der Waals surface area (Å²) in [6, 6.07) is 17.4. The number of nitrogens with zero attached hydrogens (tertiary/aromatic N) is 1. The molecule has 0 saturated heterocycles. The van der Waals surface area contributed by atoms with Gasteiger partial charge in [-0.25, -0.2) is 0 Å². The maximum absolute atomic E-state index is 12.4. The molecule has 0 bridgehead atoms. The molecule has 1 aliphatic rings. The number of nitriles is 1. The van der Waals surface area contributed by atoms with Gasteiger partial charge in [-0.15, -0.1) is 0 Å². The molecule has 1 saturated carbocycles. The first-order chi connectivity index (χ1) is 13.7. The first-order valence-corrected chi connectivity index (χ1v) is 9.47. The minimum atomic E-state index is -0.322. The number of carbonyl (C=O) groups is 1. The van der Waals surface area contributed by atoms with Crippen molar-refractivity contribution in [2.24, 2.45) is 0 Å². The molecule has 0 heterocycles. The van der Waals surface area contributed by atoms with Crippen molar-refractivity contribution in [3.8, 4) is 17.6 Å². The van der Waals surface area contributed by atoms with Gasteiger partial charge in [-0.1, -0.05) is 49.2 Å². The summed E-state index contributed by atoms with van der Waals surface area (Å²) in [5, 5.41) is 12.3. The molecule has 144 valence electrons. The lowest BCUT2D eigenvalue weighted by Gasteiger charge is -2.12. The third-order valence-electron chi connectivity index (χ3n) is 4.79. The summed E-state index contributed by atoms with van der Waals surface area (Å²) >= 11 is 0. The van der Waals surface area contributed by atoms with Crippen LogP contribution in [0.4, 0.5) is 0 Å². The summed E-state index contributed by atoms with van der Waals surface area (Å²) in [4.78, 5) is 12.4. The second-order valence-corrected chi connectivity index (χ2v) is 6.81. The van der Waals surface area contributed by atoms with Crippen molar-refractivity contribution >= 4 is 12.0 Å². The van der Waals surface area contributed by atoms with Gasteiger partial charge in [0.25, 0.3) is 5.91 Å². The fourth-order valence-corrected chi connectivity index (χ4v) is 3.28. The molecule has 2 aromatic rings. The Morgan fingerprint density at radius 1 is 1.18 bits per heavy atom. The van der Waals surface area contributed by atoms with Crippen LogP contribution in [0.25, 0.3) is 6.08 Å². The van der Waals surface area contributed by atoms with E-state index >= 15 is 0 Å². The van der Waals surface area contributed by atoms with Crippen molar-refractivity contribution in [1.29, 1.82) is 5.26 Å². The SMILES string of the molecule is COc1cc(C=C(C#N)C(=O)NC2CCCC2)ccc1OCc1ccccc1. The number of ether oxygens (including phenoxy) is 2. The molecule has 0 aliphatic heterocycles. The number of hydrogen-bond donors (Lipinski definition) is 1. The van der Waals surface area contributed by atoms with E-state index in [1.165, 1.54) is 0 Å². The number of methoxy groups -OCH3 is 1. The van der Waals surface area contributed by atoms with Crippen LogP contribution in [-0.4, -0.2) is 19.1 Å². The Hall–Kier alpha value is -3.26. The fourth-order valence-electron chi connectivity index (χ4n) is 3.28. The van der Waals surface area contributed by atoms with Crippen LogP contribution in [0.1, 0.15) is 36.8 Å². The summed E-state index contributed by atoms with van der Waals surface area (Å²) in [5.41, 5.74) is 1.86. The molecule has 0 unspecified atom stereocenters. The highest BCUT2D eigenvalue weighted by molar-refractivity contribution is 6.01. The molecule has 0 aromatic heterocycles. The van der Waals surface area contributed by atoms with Gasteiger partial charge in [0, 0.05) is 6.04 Å². The average molecular weight is 376 g/mol. The first-order valence-electron chi connectivity index (χ1n) is 9.47. The molecule has 28 heavy (non-hydrogen) atoms. The molecule has 0 spiro atoms. The molecule has 1 N–H and O–H groups in total. The van der Waals surface area contributed by atoms with Crippen LogP contribution in [0, 0.1) is 11.3 Å². The Balaban J connectivity index is 1.71. The minimum Gasteiger partial charge on any atom is -0.493 e. The van der Waals surface area contributed by atoms with Gasteiger partial charge in [-0.3, -0.25) is 4.79 Å². The van der Waals surface area contributed by atoms with Crippen molar-refractivity contribution in [2.45, 2.75) is 38.3 Å². The number of nitrogens with one attached hydrogen (secondary N) is 1. The summed E-state index contributed by atoms with van der Waals surface area (Å²) in [7, 11) is 1.57. The van der Waals surface area contributed by atoms with Gasteiger partial charge in [-0.05, 0) is 42.2 Å². The normalized spacial score (nSPS) is 14.4. The largest absolute Gasteiger partial charge is 0.493 e. The Morgan fingerprint density at radius 2 is 1.93 bits per heavy atom. The lowest BCUT2D eigenvalue weighted by Crippen LogP contribution is -2.33. The Morgan fingerprint density at radius 3 is 2.61 bits per heavy atom. The number of rotatable bonds is 7. The van der Waals surface area contributed by atoms with E-state index in [1.54, 1.807) is 25.3 Å². The second-order valence-electron chi connectivity index (χ2n) is 6.81. The highest BCUT2D eigenvalue weighted by Gasteiger charge is 2.19. The van der Waals surface area contributed by atoms with Gasteiger partial charge in [0.1, 0.15) is 18.2 Å². The van der Waals surface area contributed by atoms with Crippen LogP contribution in [0.2, 0.25) is 0 Å². The summed E-state index contributed by atoms with van der Waals surface area (Å²) < 4.78 is 11.3. The predicted molar refractivity (Wildman–Crippen MR) is 108 cm³/mol. The van der Waals surface area contributed by atoms with Crippen LogP contribution in [0.3, 0.4) is 0 Å². The zero-order valence-electron chi connectivity index (χ0n) is 16.0. The first kappa shape index (κ1) is 19.5. The molecule has 0 atom stereocenters. The molecular weight excluding hydrogens is 352 g/mol. The van der Waals surface area contributed by atoms with Crippen LogP contribution in [0.5, 0.6) is 11.5 Å². The lowest BCUT2D eigenvalue weighted by atomic mass is 10.1. The zero-order chi connectivity index (χ0) is 19.8. The molecule has 0 radical (unpaired) electrons. The van der Waals surface area contributed by atoms with E-state index in [0.29, 0.717) is 23.7 Å². The maximum Gasteiger partial charge on any atom is 0.262 e. The molecule has 5 heteroatoms. The summed E-state index contributed by atoms with van der Waals surface area (Å²) in [6.07, 6.45) is 5.78. The third kappa shape index (κ3) is 5.14. The van der Waals surface area contributed by atoms with E-state index < -0.39 is 0 Å². The predicted octanol–water partition coefficient (Wildman–Crippen LogP) is 4.24. The van der Waals surface area contributed by atoms with Gasteiger partial charge in [0.05, 0.1) is 7.11 Å². The highest BCUT2D eigenvalue weighted by atomic mass is 16.5. The number of hydrogen-bond acceptors (Lipinski definition) is 4. The van der Waals surface area contributed by atoms with Gasteiger partial charge in [0.15, 0.2) is 11.5 Å². The standard InChI is InChI=1S/C23H24N2O3/c1-27-22-14-18(11-12-21(22)28-16-17-7-3-2-4-8-17)13-19(15-24)23(26)25-20-9-5-6-10-20/h2-4,7-8,11-14,20H,5-6,9-10,16H2,1H3,(H,25,26). The highest BCUT2D eigenvalue weighted by Crippen LogP contribution is 2.29. The smallest absolute Gasteiger partial charge is 0.262 e. The Kier molecular flexibility index (Phi) is 6.69. The Bertz CT molecular complexity index is 878. The van der Waals surface area contributed by atoms with Crippen molar-refractivity contribution in [3.05, 3.63) is 65.2 Å². The summed E-state index contributed by atoms with van der Waals surface area (Å²) in [5.74, 6) is 0.841. The molecular formula is C23H24N2O3. The van der Waals surface area contributed by atoms with E-state index in [1.807, 2.05) is 42.5 Å². The zero-order valence-corrected chi connectivity index (χ0v) is 16.0. The van der Waals surface area contributed by atoms with E-state index in [0.717, 1.165) is 31.2 Å².